The second-order valence-electron chi connectivity index (χ2n) is 4.86. The van der Waals surface area contributed by atoms with E-state index in [1.165, 1.54) is 0 Å². The van der Waals surface area contributed by atoms with Crippen LogP contribution in [0.4, 0.5) is 10.1 Å². The van der Waals surface area contributed by atoms with E-state index in [1.807, 2.05) is 42.5 Å². The van der Waals surface area contributed by atoms with E-state index in [2.05, 4.69) is 12.6 Å². The van der Waals surface area contributed by atoms with Crippen LogP contribution in [0.25, 0.3) is 22.3 Å². The third-order valence-electron chi connectivity index (χ3n) is 3.39. The molecule has 0 aliphatic heterocycles. The molecule has 0 aliphatic carbocycles. The van der Waals surface area contributed by atoms with Crippen molar-refractivity contribution in [3.8, 4) is 22.3 Å². The molecule has 0 atom stereocenters. The van der Waals surface area contributed by atoms with Gasteiger partial charge in [-0.25, -0.2) is 4.39 Å². The molecule has 0 saturated carbocycles. The summed E-state index contributed by atoms with van der Waals surface area (Å²) >= 11 is 4.25. The highest BCUT2D eigenvalue weighted by atomic mass is 32.1. The van der Waals surface area contributed by atoms with Crippen LogP contribution in [0.15, 0.2) is 71.6 Å². The van der Waals surface area contributed by atoms with Crippen LogP contribution < -0.4 is 5.73 Å². The van der Waals surface area contributed by atoms with Crippen LogP contribution in [-0.4, -0.2) is 0 Å². The fourth-order valence-corrected chi connectivity index (χ4v) is 2.39. The van der Waals surface area contributed by atoms with Gasteiger partial charge in [0, 0.05) is 16.1 Å². The molecular weight excluding hydrogens is 281 g/mol. The Morgan fingerprint density at radius 1 is 0.714 bits per heavy atom. The van der Waals surface area contributed by atoms with E-state index in [0.717, 1.165) is 21.6 Å². The lowest BCUT2D eigenvalue weighted by Gasteiger charge is -2.07. The Balaban J connectivity index is 1.99. The van der Waals surface area contributed by atoms with Crippen molar-refractivity contribution < 1.29 is 4.39 Å². The van der Waals surface area contributed by atoms with Gasteiger partial charge in [0.1, 0.15) is 5.82 Å². The molecule has 1 nitrogen and oxygen atoms in total. The summed E-state index contributed by atoms with van der Waals surface area (Å²) in [6, 6.07) is 20.1. The molecule has 2 N–H and O–H groups in total. The number of nitrogens with two attached hydrogens (primary N) is 1. The molecule has 0 amide bonds. The summed E-state index contributed by atoms with van der Waals surface area (Å²) in [7, 11) is 0. The molecule has 0 heterocycles. The molecule has 0 aromatic heterocycles. The van der Waals surface area contributed by atoms with Crippen molar-refractivity contribution in [3.05, 3.63) is 72.5 Å². The molecule has 0 bridgehead atoms. The van der Waals surface area contributed by atoms with E-state index in [4.69, 9.17) is 5.73 Å². The standard InChI is InChI=1S/C18H14FNS/c19-18-11-14(12-3-8-16(21)9-4-12)5-10-17(18)13-1-6-15(20)7-2-13/h1-11,21H,20H2. The van der Waals surface area contributed by atoms with Gasteiger partial charge in [-0.3, -0.25) is 0 Å². The first-order valence-corrected chi connectivity index (χ1v) is 7.03. The van der Waals surface area contributed by atoms with Gasteiger partial charge in [0.25, 0.3) is 0 Å². The Labute approximate surface area is 128 Å². The molecule has 0 saturated heterocycles. The van der Waals surface area contributed by atoms with E-state index < -0.39 is 0 Å². The van der Waals surface area contributed by atoms with Crippen molar-refractivity contribution in [3.63, 3.8) is 0 Å². The van der Waals surface area contributed by atoms with Crippen molar-refractivity contribution in [1.82, 2.24) is 0 Å². The lowest BCUT2D eigenvalue weighted by atomic mass is 9.99. The highest BCUT2D eigenvalue weighted by Gasteiger charge is 2.07. The minimum absolute atomic E-state index is 0.243. The van der Waals surface area contributed by atoms with Crippen molar-refractivity contribution in [2.24, 2.45) is 0 Å². The zero-order valence-electron chi connectivity index (χ0n) is 11.3. The predicted octanol–water partition coefficient (Wildman–Crippen LogP) is 5.03. The average Bonchev–Trinajstić information content (AvgIpc) is 2.49. The van der Waals surface area contributed by atoms with Crippen LogP contribution in [0, 0.1) is 5.82 Å². The summed E-state index contributed by atoms with van der Waals surface area (Å²) < 4.78 is 14.4. The topological polar surface area (TPSA) is 26.0 Å². The largest absolute Gasteiger partial charge is 0.399 e. The van der Waals surface area contributed by atoms with E-state index >= 15 is 0 Å². The number of anilines is 1. The first-order chi connectivity index (χ1) is 10.1. The molecule has 3 aromatic carbocycles. The Kier molecular flexibility index (Phi) is 3.67. The number of nitrogen functional groups attached to an aromatic ring is 1. The maximum Gasteiger partial charge on any atom is 0.131 e. The molecule has 0 aliphatic rings. The second kappa shape index (κ2) is 5.62. The van der Waals surface area contributed by atoms with Gasteiger partial charge < -0.3 is 5.73 Å². The van der Waals surface area contributed by atoms with E-state index in [0.29, 0.717) is 11.3 Å². The molecule has 0 radical (unpaired) electrons. The van der Waals surface area contributed by atoms with Gasteiger partial charge in [-0.15, -0.1) is 12.6 Å². The number of halogens is 1. The molecule has 0 spiro atoms. The second-order valence-corrected chi connectivity index (χ2v) is 5.38. The zero-order chi connectivity index (χ0) is 14.8. The van der Waals surface area contributed by atoms with Crippen LogP contribution in [0.1, 0.15) is 0 Å². The number of thiol groups is 1. The number of hydrogen-bond acceptors (Lipinski definition) is 2. The Morgan fingerprint density at radius 2 is 1.29 bits per heavy atom. The summed E-state index contributed by atoms with van der Waals surface area (Å²) in [4.78, 5) is 0.887. The minimum atomic E-state index is -0.243. The van der Waals surface area contributed by atoms with Crippen LogP contribution in [0.5, 0.6) is 0 Å². The maximum absolute atomic E-state index is 14.4. The lowest BCUT2D eigenvalue weighted by Crippen LogP contribution is -1.88. The third kappa shape index (κ3) is 2.93. The SMILES string of the molecule is Nc1ccc(-c2ccc(-c3ccc(S)cc3)cc2F)cc1. The van der Waals surface area contributed by atoms with Crippen LogP contribution in [0.2, 0.25) is 0 Å². The summed E-state index contributed by atoms with van der Waals surface area (Å²) in [6.07, 6.45) is 0. The molecule has 21 heavy (non-hydrogen) atoms. The van der Waals surface area contributed by atoms with Gasteiger partial charge >= 0.3 is 0 Å². The average molecular weight is 295 g/mol. The smallest absolute Gasteiger partial charge is 0.131 e. The molecule has 104 valence electrons. The van der Waals surface area contributed by atoms with E-state index in [-0.39, 0.29) is 5.82 Å². The van der Waals surface area contributed by atoms with Gasteiger partial charge in [0.05, 0.1) is 0 Å². The van der Waals surface area contributed by atoms with Gasteiger partial charge in [-0.2, -0.15) is 0 Å². The Hall–Kier alpha value is -2.26. The van der Waals surface area contributed by atoms with Gasteiger partial charge in [-0.1, -0.05) is 36.4 Å². The summed E-state index contributed by atoms with van der Waals surface area (Å²) in [5.41, 5.74) is 9.53. The van der Waals surface area contributed by atoms with Crippen molar-refractivity contribution in [1.29, 1.82) is 0 Å². The molecular formula is C18H14FNS. The minimum Gasteiger partial charge on any atom is -0.399 e. The fourth-order valence-electron chi connectivity index (χ4n) is 2.25. The number of hydrogen-bond donors (Lipinski definition) is 2. The summed E-state index contributed by atoms with van der Waals surface area (Å²) in [6.45, 7) is 0. The lowest BCUT2D eigenvalue weighted by molar-refractivity contribution is 0.632. The fraction of sp³-hybridized carbons (Fsp3) is 0. The van der Waals surface area contributed by atoms with Crippen molar-refractivity contribution >= 4 is 18.3 Å². The van der Waals surface area contributed by atoms with E-state index in [1.54, 1.807) is 24.3 Å². The Morgan fingerprint density at radius 3 is 1.90 bits per heavy atom. The molecule has 3 rings (SSSR count). The molecule has 3 heteroatoms. The van der Waals surface area contributed by atoms with Gasteiger partial charge in [0.15, 0.2) is 0 Å². The quantitative estimate of drug-likeness (QED) is 0.503. The monoisotopic (exact) mass is 295 g/mol. The third-order valence-corrected chi connectivity index (χ3v) is 3.69. The van der Waals surface area contributed by atoms with Crippen LogP contribution in [0.3, 0.4) is 0 Å². The van der Waals surface area contributed by atoms with Gasteiger partial charge in [-0.05, 0) is 47.0 Å². The zero-order valence-corrected chi connectivity index (χ0v) is 12.1. The maximum atomic E-state index is 14.4. The van der Waals surface area contributed by atoms with Crippen LogP contribution in [-0.2, 0) is 0 Å². The van der Waals surface area contributed by atoms with Crippen LogP contribution >= 0.6 is 12.6 Å². The summed E-state index contributed by atoms with van der Waals surface area (Å²) in [5.74, 6) is -0.243. The van der Waals surface area contributed by atoms with Gasteiger partial charge in [0.2, 0.25) is 0 Å². The first kappa shape index (κ1) is 13.7. The normalized spacial score (nSPS) is 10.6. The highest BCUT2D eigenvalue weighted by molar-refractivity contribution is 7.80. The highest BCUT2D eigenvalue weighted by Crippen LogP contribution is 2.28. The Bertz CT molecular complexity index is 764. The molecule has 0 unspecified atom stereocenters. The van der Waals surface area contributed by atoms with Crippen molar-refractivity contribution in [2.75, 3.05) is 5.73 Å². The number of rotatable bonds is 2. The number of benzene rings is 3. The van der Waals surface area contributed by atoms with E-state index in [9.17, 15) is 4.39 Å². The predicted molar refractivity (Wildman–Crippen MR) is 88.9 cm³/mol. The first-order valence-electron chi connectivity index (χ1n) is 6.58. The van der Waals surface area contributed by atoms with Crippen molar-refractivity contribution in [2.45, 2.75) is 4.90 Å². The molecule has 0 fully saturated rings. The summed E-state index contributed by atoms with van der Waals surface area (Å²) in [5, 5.41) is 0. The molecule has 3 aromatic rings.